The van der Waals surface area contributed by atoms with Crippen molar-refractivity contribution in [2.24, 2.45) is 0 Å². The minimum absolute atomic E-state index is 0.0886. The number of carbonyl (C=O) groups excluding carboxylic acids is 1. The van der Waals surface area contributed by atoms with Crippen molar-refractivity contribution in [3.05, 3.63) is 30.3 Å². The van der Waals surface area contributed by atoms with E-state index in [-0.39, 0.29) is 11.9 Å². The highest BCUT2D eigenvalue weighted by atomic mass is 32.2. The quantitative estimate of drug-likeness (QED) is 0.540. The first kappa shape index (κ1) is 16.1. The van der Waals surface area contributed by atoms with E-state index >= 15 is 0 Å². The van der Waals surface area contributed by atoms with Crippen molar-refractivity contribution in [3.8, 4) is 0 Å². The summed E-state index contributed by atoms with van der Waals surface area (Å²) in [5.41, 5.74) is 0. The third kappa shape index (κ3) is 7.90. The van der Waals surface area contributed by atoms with Crippen LogP contribution in [-0.4, -0.2) is 30.8 Å². The Morgan fingerprint density at radius 3 is 2.74 bits per heavy atom. The third-order valence-corrected chi connectivity index (χ3v) is 3.72. The Kier molecular flexibility index (Phi) is 8.34. The van der Waals surface area contributed by atoms with Crippen LogP contribution in [0.1, 0.15) is 26.7 Å². The standard InChI is InChI=1S/C15H24N2OS/c1-3-7-13(2)17-15(18)12-16-10-11-19-14-8-5-4-6-9-14/h4-6,8-9,13,16H,3,7,10-12H2,1-2H3,(H,17,18). The molecule has 106 valence electrons. The number of thioether (sulfide) groups is 1. The van der Waals surface area contributed by atoms with Gasteiger partial charge in [0.2, 0.25) is 5.91 Å². The summed E-state index contributed by atoms with van der Waals surface area (Å²) in [7, 11) is 0. The lowest BCUT2D eigenvalue weighted by atomic mass is 10.2. The van der Waals surface area contributed by atoms with Crippen molar-refractivity contribution >= 4 is 17.7 Å². The lowest BCUT2D eigenvalue weighted by molar-refractivity contribution is -0.120. The van der Waals surface area contributed by atoms with Gasteiger partial charge in [-0.25, -0.2) is 0 Å². The highest BCUT2D eigenvalue weighted by Gasteiger charge is 2.05. The van der Waals surface area contributed by atoms with Crippen LogP contribution >= 0.6 is 11.8 Å². The molecule has 1 aromatic carbocycles. The molecule has 0 heterocycles. The highest BCUT2D eigenvalue weighted by molar-refractivity contribution is 7.99. The van der Waals surface area contributed by atoms with Crippen LogP contribution in [0.15, 0.2) is 35.2 Å². The van der Waals surface area contributed by atoms with E-state index in [0.717, 1.165) is 25.1 Å². The lowest BCUT2D eigenvalue weighted by Gasteiger charge is -2.13. The molecule has 0 aliphatic rings. The number of benzene rings is 1. The van der Waals surface area contributed by atoms with Crippen LogP contribution < -0.4 is 10.6 Å². The molecule has 3 nitrogen and oxygen atoms in total. The molecule has 1 atom stereocenters. The van der Waals surface area contributed by atoms with Crippen molar-refractivity contribution in [3.63, 3.8) is 0 Å². The maximum Gasteiger partial charge on any atom is 0.234 e. The van der Waals surface area contributed by atoms with Crippen LogP contribution in [0, 0.1) is 0 Å². The van der Waals surface area contributed by atoms with Crippen LogP contribution in [0.4, 0.5) is 0 Å². The molecule has 0 spiro atoms. The summed E-state index contributed by atoms with van der Waals surface area (Å²) in [6.45, 7) is 5.42. The second-order valence-corrected chi connectivity index (χ2v) is 5.76. The van der Waals surface area contributed by atoms with E-state index in [1.54, 1.807) is 11.8 Å². The second kappa shape index (κ2) is 9.87. The molecule has 4 heteroatoms. The van der Waals surface area contributed by atoms with Crippen LogP contribution in [-0.2, 0) is 4.79 Å². The van der Waals surface area contributed by atoms with Gasteiger partial charge in [0, 0.05) is 23.2 Å². The fourth-order valence-corrected chi connectivity index (χ4v) is 2.62. The number of rotatable bonds is 9. The Hall–Kier alpha value is -1.00. The molecule has 0 radical (unpaired) electrons. The predicted octanol–water partition coefficient (Wildman–Crippen LogP) is 2.67. The minimum atomic E-state index is 0.0886. The van der Waals surface area contributed by atoms with Gasteiger partial charge in [-0.1, -0.05) is 31.5 Å². The number of amides is 1. The minimum Gasteiger partial charge on any atom is -0.353 e. The van der Waals surface area contributed by atoms with E-state index in [1.807, 2.05) is 25.1 Å². The molecule has 1 unspecified atom stereocenters. The first-order chi connectivity index (χ1) is 9.22. The molecule has 1 rings (SSSR count). The molecule has 0 bridgehead atoms. The van der Waals surface area contributed by atoms with Crippen molar-refractivity contribution in [1.82, 2.24) is 10.6 Å². The van der Waals surface area contributed by atoms with Gasteiger partial charge in [-0.2, -0.15) is 0 Å². The second-order valence-electron chi connectivity index (χ2n) is 4.60. The average Bonchev–Trinajstić information content (AvgIpc) is 2.39. The summed E-state index contributed by atoms with van der Waals surface area (Å²) in [6.07, 6.45) is 2.14. The zero-order chi connectivity index (χ0) is 13.9. The van der Waals surface area contributed by atoms with Crippen LogP contribution in [0.5, 0.6) is 0 Å². The molecule has 1 aromatic rings. The lowest BCUT2D eigenvalue weighted by Crippen LogP contribution is -2.39. The zero-order valence-electron chi connectivity index (χ0n) is 11.8. The Morgan fingerprint density at radius 2 is 2.05 bits per heavy atom. The largest absolute Gasteiger partial charge is 0.353 e. The molecule has 0 saturated heterocycles. The van der Waals surface area contributed by atoms with Gasteiger partial charge in [0.1, 0.15) is 0 Å². The van der Waals surface area contributed by atoms with Gasteiger partial charge in [-0.3, -0.25) is 4.79 Å². The van der Waals surface area contributed by atoms with Gasteiger partial charge < -0.3 is 10.6 Å². The maximum absolute atomic E-state index is 11.6. The van der Waals surface area contributed by atoms with Gasteiger partial charge in [0.15, 0.2) is 0 Å². The summed E-state index contributed by atoms with van der Waals surface area (Å²) in [5.74, 6) is 1.06. The van der Waals surface area contributed by atoms with Crippen LogP contribution in [0.2, 0.25) is 0 Å². The van der Waals surface area contributed by atoms with Crippen molar-refractivity contribution in [2.45, 2.75) is 37.6 Å². The molecular weight excluding hydrogens is 256 g/mol. The first-order valence-corrected chi connectivity index (χ1v) is 7.89. The van der Waals surface area contributed by atoms with Gasteiger partial charge in [0.25, 0.3) is 0 Å². The summed E-state index contributed by atoms with van der Waals surface area (Å²) >= 11 is 1.80. The molecule has 0 aromatic heterocycles. The molecule has 0 saturated carbocycles. The topological polar surface area (TPSA) is 41.1 Å². The van der Waals surface area contributed by atoms with Gasteiger partial charge in [-0.15, -0.1) is 11.8 Å². The molecule has 0 fully saturated rings. The SMILES string of the molecule is CCCC(C)NC(=O)CNCCSc1ccccc1. The molecule has 2 N–H and O–H groups in total. The van der Waals surface area contributed by atoms with E-state index < -0.39 is 0 Å². The molecule has 1 amide bonds. The average molecular weight is 280 g/mol. The van der Waals surface area contributed by atoms with E-state index in [0.29, 0.717) is 6.54 Å². The molecule has 0 aliphatic carbocycles. The Morgan fingerprint density at radius 1 is 1.32 bits per heavy atom. The van der Waals surface area contributed by atoms with Gasteiger partial charge in [-0.05, 0) is 25.5 Å². The van der Waals surface area contributed by atoms with E-state index in [4.69, 9.17) is 0 Å². The number of hydrogen-bond acceptors (Lipinski definition) is 3. The van der Waals surface area contributed by atoms with Crippen molar-refractivity contribution in [2.75, 3.05) is 18.8 Å². The fraction of sp³-hybridized carbons (Fsp3) is 0.533. The van der Waals surface area contributed by atoms with Crippen molar-refractivity contribution in [1.29, 1.82) is 0 Å². The third-order valence-electron chi connectivity index (χ3n) is 2.71. The highest BCUT2D eigenvalue weighted by Crippen LogP contribution is 2.15. The Labute approximate surface area is 120 Å². The Balaban J connectivity index is 2.03. The molecule has 0 aliphatic heterocycles. The smallest absolute Gasteiger partial charge is 0.234 e. The monoisotopic (exact) mass is 280 g/mol. The van der Waals surface area contributed by atoms with Crippen LogP contribution in [0.3, 0.4) is 0 Å². The Bertz CT molecular complexity index is 356. The summed E-state index contributed by atoms with van der Waals surface area (Å²) in [4.78, 5) is 12.8. The fourth-order valence-electron chi connectivity index (χ4n) is 1.79. The van der Waals surface area contributed by atoms with Gasteiger partial charge >= 0.3 is 0 Å². The summed E-state index contributed by atoms with van der Waals surface area (Å²) in [6, 6.07) is 10.6. The molecule has 19 heavy (non-hydrogen) atoms. The van der Waals surface area contributed by atoms with Crippen LogP contribution in [0.25, 0.3) is 0 Å². The normalized spacial score (nSPS) is 12.1. The zero-order valence-corrected chi connectivity index (χ0v) is 12.6. The van der Waals surface area contributed by atoms with E-state index in [1.165, 1.54) is 4.90 Å². The van der Waals surface area contributed by atoms with Crippen molar-refractivity contribution < 1.29 is 4.79 Å². The number of hydrogen-bond donors (Lipinski definition) is 2. The first-order valence-electron chi connectivity index (χ1n) is 6.90. The predicted molar refractivity (Wildman–Crippen MR) is 82.5 cm³/mol. The van der Waals surface area contributed by atoms with E-state index in [9.17, 15) is 4.79 Å². The number of nitrogens with one attached hydrogen (secondary N) is 2. The number of carbonyl (C=O) groups is 1. The summed E-state index contributed by atoms with van der Waals surface area (Å²) in [5, 5.41) is 6.15. The summed E-state index contributed by atoms with van der Waals surface area (Å²) < 4.78 is 0. The van der Waals surface area contributed by atoms with Gasteiger partial charge in [0.05, 0.1) is 6.54 Å². The maximum atomic E-state index is 11.6. The molecular formula is C15H24N2OS. The van der Waals surface area contributed by atoms with E-state index in [2.05, 4.69) is 29.7 Å².